The van der Waals surface area contributed by atoms with E-state index in [9.17, 15) is 22.8 Å². The predicted molar refractivity (Wildman–Crippen MR) is 95.8 cm³/mol. The Morgan fingerprint density at radius 1 is 1.10 bits per heavy atom. The summed E-state index contributed by atoms with van der Waals surface area (Å²) in [6, 6.07) is 13.3. The third-order valence-electron chi connectivity index (χ3n) is 4.69. The second-order valence-electron chi connectivity index (χ2n) is 6.79. The number of alkyl halides is 3. The summed E-state index contributed by atoms with van der Waals surface area (Å²) in [5.74, 6) is -0.601. The van der Waals surface area contributed by atoms with Crippen molar-refractivity contribution in [2.24, 2.45) is 0 Å². The van der Waals surface area contributed by atoms with Gasteiger partial charge in [-0.3, -0.25) is 9.69 Å². The van der Waals surface area contributed by atoms with E-state index >= 15 is 0 Å². The fourth-order valence-corrected chi connectivity index (χ4v) is 3.21. The standard InChI is InChI=1S/C20H15F3N2O4/c1-19(16-10-13-4-2-3-5-15(13)28-16)17(26)25(18(27)24-19)11-12-6-8-14(9-7-12)29-20(21,22)23/h2-10H,11H2,1H3,(H,24,27)/t19-/m1/s1. The molecular weight excluding hydrogens is 389 g/mol. The molecule has 3 amide bonds. The van der Waals surface area contributed by atoms with E-state index in [0.717, 1.165) is 22.4 Å². The molecule has 1 saturated heterocycles. The average Bonchev–Trinajstić information content (AvgIpc) is 3.18. The van der Waals surface area contributed by atoms with E-state index in [1.165, 1.54) is 12.1 Å². The lowest BCUT2D eigenvalue weighted by Gasteiger charge is -2.19. The normalized spacial score (nSPS) is 19.7. The van der Waals surface area contributed by atoms with Crippen molar-refractivity contribution in [3.05, 3.63) is 65.9 Å². The lowest BCUT2D eigenvalue weighted by Crippen LogP contribution is -2.40. The second-order valence-corrected chi connectivity index (χ2v) is 6.79. The number of nitrogens with one attached hydrogen (secondary N) is 1. The number of benzene rings is 2. The van der Waals surface area contributed by atoms with E-state index < -0.39 is 23.8 Å². The van der Waals surface area contributed by atoms with Gasteiger partial charge in [-0.2, -0.15) is 0 Å². The second kappa shape index (κ2) is 6.54. The van der Waals surface area contributed by atoms with Crippen LogP contribution in [0.3, 0.4) is 0 Å². The lowest BCUT2D eigenvalue weighted by atomic mass is 9.98. The van der Waals surface area contributed by atoms with Crippen LogP contribution in [0.15, 0.2) is 59.0 Å². The van der Waals surface area contributed by atoms with Crippen molar-refractivity contribution in [1.29, 1.82) is 0 Å². The highest BCUT2D eigenvalue weighted by atomic mass is 19.4. The molecule has 0 unspecified atom stereocenters. The van der Waals surface area contributed by atoms with Gasteiger partial charge in [0, 0.05) is 5.39 Å². The van der Waals surface area contributed by atoms with Gasteiger partial charge in [-0.25, -0.2) is 4.79 Å². The molecule has 4 rings (SSSR count). The van der Waals surface area contributed by atoms with Gasteiger partial charge in [0.15, 0.2) is 5.54 Å². The van der Waals surface area contributed by atoms with Crippen LogP contribution in [0.5, 0.6) is 5.75 Å². The van der Waals surface area contributed by atoms with Crippen molar-refractivity contribution in [1.82, 2.24) is 10.2 Å². The van der Waals surface area contributed by atoms with Gasteiger partial charge < -0.3 is 14.5 Å². The van der Waals surface area contributed by atoms with Crippen LogP contribution in [0.25, 0.3) is 11.0 Å². The van der Waals surface area contributed by atoms with Crippen molar-refractivity contribution in [3.8, 4) is 5.75 Å². The lowest BCUT2D eigenvalue weighted by molar-refractivity contribution is -0.274. The monoisotopic (exact) mass is 404 g/mol. The molecule has 0 bridgehead atoms. The number of amides is 3. The summed E-state index contributed by atoms with van der Waals surface area (Å²) >= 11 is 0. The van der Waals surface area contributed by atoms with Crippen LogP contribution < -0.4 is 10.1 Å². The maximum atomic E-state index is 13.0. The Balaban J connectivity index is 1.55. The smallest absolute Gasteiger partial charge is 0.458 e. The zero-order chi connectivity index (χ0) is 20.8. The maximum Gasteiger partial charge on any atom is 0.573 e. The third kappa shape index (κ3) is 3.51. The van der Waals surface area contributed by atoms with Crippen LogP contribution in [-0.4, -0.2) is 23.2 Å². The first-order chi connectivity index (χ1) is 13.7. The fourth-order valence-electron chi connectivity index (χ4n) is 3.21. The zero-order valence-corrected chi connectivity index (χ0v) is 15.1. The fraction of sp³-hybridized carbons (Fsp3) is 0.200. The largest absolute Gasteiger partial charge is 0.573 e. The predicted octanol–water partition coefficient (Wildman–Crippen LogP) is 4.30. The minimum Gasteiger partial charge on any atom is -0.458 e. The number of urea groups is 1. The minimum atomic E-state index is -4.79. The molecular formula is C20H15F3N2O4. The van der Waals surface area contributed by atoms with E-state index in [0.29, 0.717) is 16.9 Å². The highest BCUT2D eigenvalue weighted by Gasteiger charge is 2.51. The van der Waals surface area contributed by atoms with E-state index in [-0.39, 0.29) is 12.3 Å². The Hall–Kier alpha value is -3.49. The molecule has 1 aliphatic heterocycles. The van der Waals surface area contributed by atoms with Gasteiger partial charge in [-0.1, -0.05) is 30.3 Å². The summed E-state index contributed by atoms with van der Waals surface area (Å²) in [4.78, 5) is 26.4. The van der Waals surface area contributed by atoms with E-state index in [1.807, 2.05) is 12.1 Å². The van der Waals surface area contributed by atoms with Gasteiger partial charge in [0.05, 0.1) is 6.54 Å². The van der Waals surface area contributed by atoms with Gasteiger partial charge >= 0.3 is 12.4 Å². The Morgan fingerprint density at radius 2 is 1.79 bits per heavy atom. The Bertz CT molecular complexity index is 1060. The number of halogens is 3. The van der Waals surface area contributed by atoms with Gasteiger partial charge in [0.25, 0.3) is 5.91 Å². The van der Waals surface area contributed by atoms with Gasteiger partial charge in [-0.05, 0) is 36.8 Å². The molecule has 6 nitrogen and oxygen atoms in total. The SMILES string of the molecule is C[C@]1(c2cc3ccccc3o2)NC(=O)N(Cc2ccc(OC(F)(F)F)cc2)C1=O. The van der Waals surface area contributed by atoms with Crippen molar-refractivity contribution >= 4 is 22.9 Å². The van der Waals surface area contributed by atoms with Gasteiger partial charge in [0.2, 0.25) is 0 Å². The first-order valence-electron chi connectivity index (χ1n) is 8.63. The first kappa shape index (κ1) is 18.9. The molecule has 9 heteroatoms. The van der Waals surface area contributed by atoms with E-state index in [2.05, 4.69) is 10.1 Å². The molecule has 2 aromatic carbocycles. The number of carbonyl (C=O) groups excluding carboxylic acids is 2. The Labute approximate surface area is 162 Å². The summed E-state index contributed by atoms with van der Waals surface area (Å²) in [6.07, 6.45) is -4.79. The number of carbonyl (C=O) groups is 2. The van der Waals surface area contributed by atoms with E-state index in [4.69, 9.17) is 4.42 Å². The number of fused-ring (bicyclic) bond motifs is 1. The van der Waals surface area contributed by atoms with Crippen molar-refractivity contribution in [2.75, 3.05) is 0 Å². The molecule has 29 heavy (non-hydrogen) atoms. The van der Waals surface area contributed by atoms with Crippen molar-refractivity contribution in [2.45, 2.75) is 25.4 Å². The molecule has 0 spiro atoms. The summed E-state index contributed by atoms with van der Waals surface area (Å²) in [7, 11) is 0. The number of hydrogen-bond donors (Lipinski definition) is 1. The number of furan rings is 1. The van der Waals surface area contributed by atoms with Crippen molar-refractivity contribution in [3.63, 3.8) is 0 Å². The molecule has 0 saturated carbocycles. The van der Waals surface area contributed by atoms with Crippen molar-refractivity contribution < 1.29 is 31.9 Å². The average molecular weight is 404 g/mol. The molecule has 1 atom stereocenters. The zero-order valence-electron chi connectivity index (χ0n) is 15.1. The highest BCUT2D eigenvalue weighted by Crippen LogP contribution is 2.33. The van der Waals surface area contributed by atoms with Crippen LogP contribution >= 0.6 is 0 Å². The van der Waals surface area contributed by atoms with Crippen LogP contribution in [0.1, 0.15) is 18.2 Å². The summed E-state index contributed by atoms with van der Waals surface area (Å²) in [5.41, 5.74) is -0.323. The molecule has 1 aliphatic rings. The Morgan fingerprint density at radius 3 is 2.45 bits per heavy atom. The Kier molecular flexibility index (Phi) is 4.25. The summed E-state index contributed by atoms with van der Waals surface area (Å²) in [6.45, 7) is 1.44. The van der Waals surface area contributed by atoms with Gasteiger partial charge in [-0.15, -0.1) is 13.2 Å². The quantitative estimate of drug-likeness (QED) is 0.659. The third-order valence-corrected chi connectivity index (χ3v) is 4.69. The number of nitrogens with zero attached hydrogens (tertiary/aromatic N) is 1. The number of rotatable bonds is 4. The van der Waals surface area contributed by atoms with Gasteiger partial charge in [0.1, 0.15) is 17.1 Å². The molecule has 1 fully saturated rings. The molecule has 2 heterocycles. The molecule has 1 aromatic heterocycles. The number of para-hydroxylation sites is 1. The molecule has 1 N–H and O–H groups in total. The van der Waals surface area contributed by atoms with E-state index in [1.54, 1.807) is 25.1 Å². The molecule has 0 aliphatic carbocycles. The number of imide groups is 1. The highest BCUT2D eigenvalue weighted by molar-refractivity contribution is 6.07. The first-order valence-corrected chi connectivity index (χ1v) is 8.63. The topological polar surface area (TPSA) is 71.8 Å². The van der Waals surface area contributed by atoms with Crippen LogP contribution in [0.2, 0.25) is 0 Å². The molecule has 150 valence electrons. The summed E-state index contributed by atoms with van der Waals surface area (Å²) in [5, 5.41) is 3.44. The van der Waals surface area contributed by atoms with Crippen LogP contribution in [-0.2, 0) is 16.9 Å². The molecule has 3 aromatic rings. The molecule has 0 radical (unpaired) electrons. The van der Waals surface area contributed by atoms with Crippen LogP contribution in [0.4, 0.5) is 18.0 Å². The summed E-state index contributed by atoms with van der Waals surface area (Å²) < 4.78 is 46.3. The van der Waals surface area contributed by atoms with Crippen LogP contribution in [0, 0.1) is 0 Å². The maximum absolute atomic E-state index is 13.0. The number of hydrogen-bond acceptors (Lipinski definition) is 4. The number of ether oxygens (including phenoxy) is 1. The minimum absolute atomic E-state index is 0.104.